The number of carbonyl (C=O) groups excluding carboxylic acids is 1. The smallest absolute Gasteiger partial charge is 0.269 e. The van der Waals surface area contributed by atoms with Crippen LogP contribution in [0.2, 0.25) is 0 Å². The number of non-ortho nitro benzene ring substituents is 1. The summed E-state index contributed by atoms with van der Waals surface area (Å²) in [4.78, 5) is 32.6. The Morgan fingerprint density at radius 1 is 1.14 bits per heavy atom. The van der Waals surface area contributed by atoms with Crippen LogP contribution in [-0.2, 0) is 11.2 Å². The largest absolute Gasteiger partial charge is 0.326 e. The molecule has 0 aliphatic carbocycles. The molecule has 2 aromatic heterocycles. The van der Waals surface area contributed by atoms with E-state index in [0.717, 1.165) is 26.5 Å². The Hall–Kier alpha value is -3.65. The zero-order valence-electron chi connectivity index (χ0n) is 15.5. The first-order valence-corrected chi connectivity index (χ1v) is 9.67. The number of nitrogens with zero attached hydrogens (tertiary/aromatic N) is 3. The van der Waals surface area contributed by atoms with E-state index in [2.05, 4.69) is 15.3 Å². The zero-order valence-corrected chi connectivity index (χ0v) is 16.3. The quantitative estimate of drug-likeness (QED) is 0.382. The molecule has 0 spiro atoms. The monoisotopic (exact) mass is 404 g/mol. The molecular formula is C21H16N4O3S. The van der Waals surface area contributed by atoms with Crippen LogP contribution in [0.5, 0.6) is 0 Å². The summed E-state index contributed by atoms with van der Waals surface area (Å²) in [5, 5.41) is 14.5. The number of hydrogen-bond acceptors (Lipinski definition) is 6. The number of pyridine rings is 1. The summed E-state index contributed by atoms with van der Waals surface area (Å²) in [7, 11) is 0. The summed E-state index contributed by atoms with van der Waals surface area (Å²) < 4.78 is 0. The van der Waals surface area contributed by atoms with E-state index < -0.39 is 4.92 Å². The van der Waals surface area contributed by atoms with Gasteiger partial charge in [-0.05, 0) is 36.2 Å². The SMILES string of the molecule is Cc1c(NC(=O)Cc2ccc([N+](=O)[O-])cc2)cccc1-c1nc2cccnc2s1. The van der Waals surface area contributed by atoms with Gasteiger partial charge in [0, 0.05) is 29.6 Å². The molecule has 2 heterocycles. The van der Waals surface area contributed by atoms with E-state index in [-0.39, 0.29) is 18.0 Å². The van der Waals surface area contributed by atoms with E-state index in [1.165, 1.54) is 23.5 Å². The first kappa shape index (κ1) is 18.7. The van der Waals surface area contributed by atoms with Crippen molar-refractivity contribution in [2.75, 3.05) is 5.32 Å². The van der Waals surface area contributed by atoms with Gasteiger partial charge in [-0.25, -0.2) is 9.97 Å². The summed E-state index contributed by atoms with van der Waals surface area (Å²) in [6.45, 7) is 1.94. The van der Waals surface area contributed by atoms with Crippen LogP contribution >= 0.6 is 11.3 Å². The van der Waals surface area contributed by atoms with E-state index in [9.17, 15) is 14.9 Å². The highest BCUT2D eigenvalue weighted by atomic mass is 32.1. The number of rotatable bonds is 5. The minimum Gasteiger partial charge on any atom is -0.326 e. The van der Waals surface area contributed by atoms with Crippen LogP contribution in [0.4, 0.5) is 11.4 Å². The molecule has 0 saturated carbocycles. The fourth-order valence-corrected chi connectivity index (χ4v) is 3.99. The molecule has 0 aliphatic heterocycles. The van der Waals surface area contributed by atoms with Crippen LogP contribution in [0.15, 0.2) is 60.8 Å². The van der Waals surface area contributed by atoms with Crippen molar-refractivity contribution >= 4 is 39.0 Å². The van der Waals surface area contributed by atoms with Crippen molar-refractivity contribution in [2.24, 2.45) is 0 Å². The topological polar surface area (TPSA) is 98.0 Å². The molecule has 7 nitrogen and oxygen atoms in total. The van der Waals surface area contributed by atoms with Crippen LogP contribution in [0.1, 0.15) is 11.1 Å². The van der Waals surface area contributed by atoms with Gasteiger partial charge in [0.25, 0.3) is 5.69 Å². The Balaban J connectivity index is 1.54. The predicted octanol–water partition coefficient (Wildman–Crippen LogP) is 4.76. The lowest BCUT2D eigenvalue weighted by Crippen LogP contribution is -2.15. The fraction of sp³-hybridized carbons (Fsp3) is 0.0952. The third-order valence-electron chi connectivity index (χ3n) is 4.52. The Labute approximate surface area is 170 Å². The van der Waals surface area contributed by atoms with Crippen molar-refractivity contribution in [3.63, 3.8) is 0 Å². The zero-order chi connectivity index (χ0) is 20.4. The first-order valence-electron chi connectivity index (χ1n) is 8.86. The number of benzene rings is 2. The lowest BCUT2D eigenvalue weighted by Gasteiger charge is -2.11. The minimum atomic E-state index is -0.462. The molecule has 144 valence electrons. The van der Waals surface area contributed by atoms with Gasteiger partial charge in [0.05, 0.1) is 11.3 Å². The van der Waals surface area contributed by atoms with Gasteiger partial charge in [0.2, 0.25) is 5.91 Å². The number of nitro groups is 1. The van der Waals surface area contributed by atoms with Crippen molar-refractivity contribution in [1.82, 2.24) is 9.97 Å². The van der Waals surface area contributed by atoms with Gasteiger partial charge in [-0.2, -0.15) is 0 Å². The van der Waals surface area contributed by atoms with Crippen molar-refractivity contribution in [3.05, 3.63) is 82.0 Å². The maximum atomic E-state index is 12.5. The number of amides is 1. The molecule has 0 atom stereocenters. The van der Waals surface area contributed by atoms with E-state index >= 15 is 0 Å². The van der Waals surface area contributed by atoms with Gasteiger partial charge in [0.15, 0.2) is 0 Å². The highest BCUT2D eigenvalue weighted by molar-refractivity contribution is 7.21. The van der Waals surface area contributed by atoms with Gasteiger partial charge >= 0.3 is 0 Å². The highest BCUT2D eigenvalue weighted by Gasteiger charge is 2.14. The van der Waals surface area contributed by atoms with E-state index in [1.807, 2.05) is 37.3 Å². The molecule has 4 rings (SSSR count). The summed E-state index contributed by atoms with van der Waals surface area (Å²) >= 11 is 1.51. The van der Waals surface area contributed by atoms with Gasteiger partial charge in [-0.3, -0.25) is 14.9 Å². The van der Waals surface area contributed by atoms with Crippen LogP contribution in [0, 0.1) is 17.0 Å². The standard InChI is InChI=1S/C21H16N4O3S/c1-13-16(20-24-18-6-3-11-22-21(18)29-20)4-2-5-17(13)23-19(26)12-14-7-9-15(10-8-14)25(27)28/h2-11H,12H2,1H3,(H,23,26). The number of nitro benzene ring substituents is 1. The van der Waals surface area contributed by atoms with E-state index in [4.69, 9.17) is 0 Å². The summed E-state index contributed by atoms with van der Waals surface area (Å²) in [5.74, 6) is -0.190. The minimum absolute atomic E-state index is 0.00280. The average molecular weight is 404 g/mol. The van der Waals surface area contributed by atoms with Gasteiger partial charge < -0.3 is 5.32 Å². The molecule has 0 saturated heterocycles. The molecule has 0 aliphatic rings. The van der Waals surface area contributed by atoms with Crippen molar-refractivity contribution in [3.8, 4) is 10.6 Å². The summed E-state index contributed by atoms with van der Waals surface area (Å²) in [5.41, 5.74) is 4.13. The molecule has 4 aromatic rings. The molecule has 8 heteroatoms. The molecular weight excluding hydrogens is 388 g/mol. The molecule has 0 radical (unpaired) electrons. The third-order valence-corrected chi connectivity index (χ3v) is 5.53. The average Bonchev–Trinajstić information content (AvgIpc) is 3.14. The number of fused-ring (bicyclic) bond motifs is 1. The van der Waals surface area contributed by atoms with Gasteiger partial charge in [0.1, 0.15) is 15.4 Å². The third kappa shape index (κ3) is 3.97. The molecule has 0 fully saturated rings. The molecule has 1 N–H and O–H groups in total. The van der Waals surface area contributed by atoms with Gasteiger partial charge in [-0.1, -0.05) is 35.6 Å². The van der Waals surface area contributed by atoms with Crippen molar-refractivity contribution < 1.29 is 9.72 Å². The molecule has 0 unspecified atom stereocenters. The van der Waals surface area contributed by atoms with E-state index in [0.29, 0.717) is 11.3 Å². The number of hydrogen-bond donors (Lipinski definition) is 1. The van der Waals surface area contributed by atoms with Crippen molar-refractivity contribution in [2.45, 2.75) is 13.3 Å². The Bertz CT molecular complexity index is 1190. The predicted molar refractivity (Wildman–Crippen MR) is 113 cm³/mol. The second-order valence-electron chi connectivity index (χ2n) is 6.47. The first-order chi connectivity index (χ1) is 14.0. The number of aromatic nitrogens is 2. The number of nitrogens with one attached hydrogen (secondary N) is 1. The molecule has 2 aromatic carbocycles. The Morgan fingerprint density at radius 3 is 2.66 bits per heavy atom. The number of anilines is 1. The second-order valence-corrected chi connectivity index (χ2v) is 7.45. The van der Waals surface area contributed by atoms with Crippen LogP contribution < -0.4 is 5.32 Å². The molecule has 0 bridgehead atoms. The Kier molecular flexibility index (Phi) is 5.01. The number of carbonyl (C=O) groups is 1. The number of thiazole rings is 1. The van der Waals surface area contributed by atoms with Crippen molar-refractivity contribution in [1.29, 1.82) is 0 Å². The van der Waals surface area contributed by atoms with Crippen LogP contribution in [-0.4, -0.2) is 20.8 Å². The second kappa shape index (κ2) is 7.76. The normalized spacial score (nSPS) is 10.8. The molecule has 29 heavy (non-hydrogen) atoms. The summed E-state index contributed by atoms with van der Waals surface area (Å²) in [6, 6.07) is 15.5. The van der Waals surface area contributed by atoms with Crippen LogP contribution in [0.3, 0.4) is 0 Å². The maximum Gasteiger partial charge on any atom is 0.269 e. The van der Waals surface area contributed by atoms with Gasteiger partial charge in [-0.15, -0.1) is 0 Å². The highest BCUT2D eigenvalue weighted by Crippen LogP contribution is 2.33. The lowest BCUT2D eigenvalue weighted by molar-refractivity contribution is -0.384. The Morgan fingerprint density at radius 2 is 1.93 bits per heavy atom. The van der Waals surface area contributed by atoms with E-state index in [1.54, 1.807) is 18.3 Å². The fourth-order valence-electron chi connectivity index (χ4n) is 3.00. The summed E-state index contributed by atoms with van der Waals surface area (Å²) in [6.07, 6.45) is 1.87. The maximum absolute atomic E-state index is 12.5. The van der Waals surface area contributed by atoms with Crippen LogP contribution in [0.25, 0.3) is 20.9 Å². The molecule has 1 amide bonds. The lowest BCUT2D eigenvalue weighted by atomic mass is 10.1.